The second-order valence-corrected chi connectivity index (χ2v) is 7.68. The highest BCUT2D eigenvalue weighted by Crippen LogP contribution is 2.25. The molecule has 112 valence electrons. The third-order valence-corrected chi connectivity index (χ3v) is 5.76. The van der Waals surface area contributed by atoms with Gasteiger partial charge in [-0.25, -0.2) is 8.42 Å². The largest absolute Gasteiger partial charge is 0.310 e. The second-order valence-electron chi connectivity index (χ2n) is 5.79. The van der Waals surface area contributed by atoms with Crippen molar-refractivity contribution in [2.45, 2.75) is 57.1 Å². The van der Waals surface area contributed by atoms with E-state index in [1.165, 1.54) is 0 Å². The molecule has 0 aromatic heterocycles. The van der Waals surface area contributed by atoms with Gasteiger partial charge in [0.1, 0.15) is 0 Å². The van der Waals surface area contributed by atoms with Crippen molar-refractivity contribution in [1.29, 1.82) is 0 Å². The molecule has 1 unspecified atom stereocenters. The number of rotatable bonds is 5. The molecule has 0 saturated carbocycles. The summed E-state index contributed by atoms with van der Waals surface area (Å²) in [6.07, 6.45) is 1.91. The summed E-state index contributed by atoms with van der Waals surface area (Å²) in [4.78, 5) is 0.402. The van der Waals surface area contributed by atoms with Crippen molar-refractivity contribution >= 4 is 10.0 Å². The topological polar surface area (TPSA) is 49.4 Å². The zero-order chi connectivity index (χ0) is 14.8. The Morgan fingerprint density at radius 3 is 2.45 bits per heavy atom. The van der Waals surface area contributed by atoms with Crippen LogP contribution in [-0.2, 0) is 16.6 Å². The first-order valence-electron chi connectivity index (χ1n) is 7.25. The highest BCUT2D eigenvalue weighted by Gasteiger charge is 2.32. The van der Waals surface area contributed by atoms with Crippen molar-refractivity contribution in [3.63, 3.8) is 0 Å². The Kier molecular flexibility index (Phi) is 4.83. The zero-order valence-corrected chi connectivity index (χ0v) is 13.3. The van der Waals surface area contributed by atoms with Crippen LogP contribution in [0.15, 0.2) is 29.2 Å². The lowest BCUT2D eigenvalue weighted by Crippen LogP contribution is -2.33. The minimum absolute atomic E-state index is 0.113. The lowest BCUT2D eigenvalue weighted by atomic mass is 10.2. The first-order chi connectivity index (χ1) is 9.41. The monoisotopic (exact) mass is 296 g/mol. The molecular weight excluding hydrogens is 272 g/mol. The Labute approximate surface area is 122 Å². The number of hydrogen-bond donors (Lipinski definition) is 1. The molecule has 1 fully saturated rings. The molecule has 1 N–H and O–H groups in total. The van der Waals surface area contributed by atoms with E-state index in [0.29, 0.717) is 17.5 Å². The van der Waals surface area contributed by atoms with Gasteiger partial charge in [0.15, 0.2) is 0 Å². The maximum absolute atomic E-state index is 12.5. The molecule has 1 aliphatic rings. The molecule has 1 aromatic rings. The fourth-order valence-corrected chi connectivity index (χ4v) is 4.20. The quantitative estimate of drug-likeness (QED) is 0.907. The molecule has 0 radical (unpaired) electrons. The number of nitrogens with one attached hydrogen (secondary N) is 1. The number of benzene rings is 1. The Bertz CT molecular complexity index is 537. The lowest BCUT2D eigenvalue weighted by molar-refractivity contribution is 0.408. The smallest absolute Gasteiger partial charge is 0.243 e. The van der Waals surface area contributed by atoms with Crippen molar-refractivity contribution in [3.8, 4) is 0 Å². The van der Waals surface area contributed by atoms with Crippen molar-refractivity contribution < 1.29 is 8.42 Å². The highest BCUT2D eigenvalue weighted by molar-refractivity contribution is 7.89. The van der Waals surface area contributed by atoms with Crippen LogP contribution < -0.4 is 5.32 Å². The van der Waals surface area contributed by atoms with Crippen LogP contribution in [0.5, 0.6) is 0 Å². The van der Waals surface area contributed by atoms with Gasteiger partial charge in [0.25, 0.3) is 0 Å². The van der Waals surface area contributed by atoms with Gasteiger partial charge < -0.3 is 5.32 Å². The van der Waals surface area contributed by atoms with Gasteiger partial charge in [-0.3, -0.25) is 0 Å². The van der Waals surface area contributed by atoms with Crippen LogP contribution in [0.4, 0.5) is 0 Å². The van der Waals surface area contributed by atoms with Crippen LogP contribution in [0, 0.1) is 0 Å². The first kappa shape index (κ1) is 15.5. The average molecular weight is 296 g/mol. The summed E-state index contributed by atoms with van der Waals surface area (Å²) in [5.74, 6) is 0. The van der Waals surface area contributed by atoms with Gasteiger partial charge in [-0.05, 0) is 37.5 Å². The maximum atomic E-state index is 12.5. The summed E-state index contributed by atoms with van der Waals surface area (Å²) in [7, 11) is -3.32. The van der Waals surface area contributed by atoms with Crippen LogP contribution >= 0.6 is 0 Å². The van der Waals surface area contributed by atoms with E-state index in [1.807, 2.05) is 19.1 Å². The van der Waals surface area contributed by atoms with Crippen molar-refractivity contribution in [1.82, 2.24) is 9.62 Å². The highest BCUT2D eigenvalue weighted by atomic mass is 32.2. The van der Waals surface area contributed by atoms with Gasteiger partial charge in [-0.1, -0.05) is 26.0 Å². The van der Waals surface area contributed by atoms with E-state index in [4.69, 9.17) is 0 Å². The van der Waals surface area contributed by atoms with Crippen LogP contribution in [0.2, 0.25) is 0 Å². The van der Waals surface area contributed by atoms with E-state index >= 15 is 0 Å². The molecule has 4 nitrogen and oxygen atoms in total. The molecule has 2 rings (SSSR count). The minimum atomic E-state index is -3.32. The molecule has 5 heteroatoms. The average Bonchev–Trinajstić information content (AvgIpc) is 2.84. The maximum Gasteiger partial charge on any atom is 0.243 e. The predicted octanol–water partition coefficient (Wildman–Crippen LogP) is 2.36. The van der Waals surface area contributed by atoms with Crippen molar-refractivity contribution in [2.24, 2.45) is 0 Å². The van der Waals surface area contributed by atoms with E-state index < -0.39 is 10.0 Å². The Hall–Kier alpha value is -0.910. The van der Waals surface area contributed by atoms with E-state index in [9.17, 15) is 8.42 Å². The Balaban J connectivity index is 2.13. The molecule has 1 aromatic carbocycles. The van der Waals surface area contributed by atoms with Crippen molar-refractivity contribution in [3.05, 3.63) is 29.8 Å². The molecule has 1 saturated heterocycles. The summed E-state index contributed by atoms with van der Waals surface area (Å²) in [6, 6.07) is 7.76. The molecule has 0 amide bonds. The Morgan fingerprint density at radius 2 is 1.95 bits per heavy atom. The van der Waals surface area contributed by atoms with Gasteiger partial charge in [-0.15, -0.1) is 0 Å². The third-order valence-electron chi connectivity index (χ3n) is 3.74. The summed E-state index contributed by atoms with van der Waals surface area (Å²) in [6.45, 7) is 7.56. The molecule has 1 aliphatic heterocycles. The summed E-state index contributed by atoms with van der Waals surface area (Å²) in [5, 5.41) is 3.32. The van der Waals surface area contributed by atoms with E-state index in [1.54, 1.807) is 16.4 Å². The predicted molar refractivity (Wildman–Crippen MR) is 81.0 cm³/mol. The van der Waals surface area contributed by atoms with Crippen LogP contribution in [0.1, 0.15) is 39.2 Å². The fourth-order valence-electron chi connectivity index (χ4n) is 2.50. The number of nitrogens with zero attached hydrogens (tertiary/aromatic N) is 1. The lowest BCUT2D eigenvalue weighted by Gasteiger charge is -2.21. The van der Waals surface area contributed by atoms with Crippen LogP contribution in [0.3, 0.4) is 0 Å². The first-order valence-corrected chi connectivity index (χ1v) is 8.69. The number of sulfonamides is 1. The molecule has 1 heterocycles. The van der Waals surface area contributed by atoms with Gasteiger partial charge in [0, 0.05) is 25.2 Å². The standard InChI is InChI=1S/C15H24N2O2S/c1-12(2)16-11-14-6-8-15(9-7-14)20(18,19)17-10-4-5-13(17)3/h6-9,12-13,16H,4-5,10-11H2,1-3H3. The van der Waals surface area contributed by atoms with Crippen molar-refractivity contribution in [2.75, 3.05) is 6.54 Å². The molecule has 0 aliphatic carbocycles. The minimum Gasteiger partial charge on any atom is -0.310 e. The molecular formula is C15H24N2O2S. The Morgan fingerprint density at radius 1 is 1.30 bits per heavy atom. The fraction of sp³-hybridized carbons (Fsp3) is 0.600. The van der Waals surface area contributed by atoms with Gasteiger partial charge in [-0.2, -0.15) is 4.31 Å². The zero-order valence-electron chi connectivity index (χ0n) is 12.5. The molecule has 0 spiro atoms. The molecule has 20 heavy (non-hydrogen) atoms. The van der Waals surface area contributed by atoms with E-state index in [2.05, 4.69) is 19.2 Å². The number of hydrogen-bond acceptors (Lipinski definition) is 3. The molecule has 1 atom stereocenters. The van der Waals surface area contributed by atoms with Gasteiger partial charge in [0.2, 0.25) is 10.0 Å². The summed E-state index contributed by atoms with van der Waals surface area (Å²) < 4.78 is 26.7. The van der Waals surface area contributed by atoms with Crippen LogP contribution in [-0.4, -0.2) is 31.4 Å². The second kappa shape index (κ2) is 6.24. The molecule has 0 bridgehead atoms. The summed E-state index contributed by atoms with van der Waals surface area (Å²) >= 11 is 0. The van der Waals surface area contributed by atoms with Gasteiger partial charge >= 0.3 is 0 Å². The third kappa shape index (κ3) is 3.40. The summed E-state index contributed by atoms with van der Waals surface area (Å²) in [5.41, 5.74) is 1.10. The normalized spacial score (nSPS) is 20.7. The van der Waals surface area contributed by atoms with E-state index in [0.717, 1.165) is 24.9 Å². The van der Waals surface area contributed by atoms with E-state index in [-0.39, 0.29) is 6.04 Å². The SMILES string of the molecule is CC(C)NCc1ccc(S(=O)(=O)N2CCCC2C)cc1. The van der Waals surface area contributed by atoms with Gasteiger partial charge in [0.05, 0.1) is 4.90 Å². The van der Waals surface area contributed by atoms with Crippen LogP contribution in [0.25, 0.3) is 0 Å².